The smallest absolute Gasteiger partial charge is 0.274 e. The highest BCUT2D eigenvalue weighted by molar-refractivity contribution is 6.33. The van der Waals surface area contributed by atoms with E-state index in [-0.39, 0.29) is 17.6 Å². The quantitative estimate of drug-likeness (QED) is 0.451. The number of rotatable bonds is 5. The first-order valence-corrected chi connectivity index (χ1v) is 11.9. The van der Waals surface area contributed by atoms with Gasteiger partial charge in [0.25, 0.3) is 5.91 Å². The van der Waals surface area contributed by atoms with Crippen LogP contribution in [0.1, 0.15) is 56.4 Å². The number of hydrogen-bond donors (Lipinski definition) is 0. The van der Waals surface area contributed by atoms with Crippen molar-refractivity contribution in [2.24, 2.45) is 0 Å². The zero-order valence-electron chi connectivity index (χ0n) is 20.9. The monoisotopic (exact) mass is 481 g/mol. The highest BCUT2D eigenvalue weighted by Gasteiger charge is 2.33. The first-order chi connectivity index (χ1) is 16.0. The Morgan fingerprint density at radius 1 is 1.15 bits per heavy atom. The van der Waals surface area contributed by atoms with Crippen molar-refractivity contribution >= 4 is 17.5 Å². The zero-order chi connectivity index (χ0) is 24.8. The number of aromatic nitrogens is 2. The average molecular weight is 482 g/mol. The summed E-state index contributed by atoms with van der Waals surface area (Å²) in [4.78, 5) is 20.2. The van der Waals surface area contributed by atoms with E-state index in [1.807, 2.05) is 78.1 Å². The molecule has 1 aliphatic heterocycles. The molecule has 4 rings (SSSR count). The molecule has 0 fully saturated rings. The molecule has 2 heterocycles. The number of fused-ring (bicyclic) bond motifs is 3. The zero-order valence-corrected chi connectivity index (χ0v) is 21.7. The van der Waals surface area contributed by atoms with E-state index >= 15 is 0 Å². The molecule has 3 aromatic rings. The second-order valence-corrected chi connectivity index (χ2v) is 10.3. The molecule has 2 aromatic carbocycles. The van der Waals surface area contributed by atoms with Crippen molar-refractivity contribution in [1.82, 2.24) is 14.5 Å². The summed E-state index contributed by atoms with van der Waals surface area (Å²) < 4.78 is 13.7. The number of carbonyl (C=O) groups is 1. The Balaban J connectivity index is 1.99. The molecule has 0 saturated heterocycles. The van der Waals surface area contributed by atoms with Crippen LogP contribution in [0.4, 0.5) is 0 Å². The van der Waals surface area contributed by atoms with Gasteiger partial charge in [-0.3, -0.25) is 9.36 Å². The summed E-state index contributed by atoms with van der Waals surface area (Å²) in [6, 6.07) is 11.6. The van der Waals surface area contributed by atoms with Crippen molar-refractivity contribution in [2.75, 3.05) is 14.2 Å². The molecule has 0 saturated carbocycles. The number of imidazole rings is 1. The Morgan fingerprint density at radius 2 is 1.85 bits per heavy atom. The van der Waals surface area contributed by atoms with E-state index in [1.165, 1.54) is 0 Å². The Hall–Kier alpha value is -2.99. The maximum atomic E-state index is 13.6. The Kier molecular flexibility index (Phi) is 6.38. The molecule has 0 spiro atoms. The van der Waals surface area contributed by atoms with Gasteiger partial charge in [0.1, 0.15) is 5.82 Å². The maximum Gasteiger partial charge on any atom is 0.274 e. The van der Waals surface area contributed by atoms with Crippen LogP contribution < -0.4 is 9.47 Å². The number of hydrogen-bond acceptors (Lipinski definition) is 4. The summed E-state index contributed by atoms with van der Waals surface area (Å²) in [5, 5.41) is 0.581. The Morgan fingerprint density at radius 3 is 2.47 bits per heavy atom. The highest BCUT2D eigenvalue weighted by atomic mass is 35.5. The fourth-order valence-corrected chi connectivity index (χ4v) is 4.38. The van der Waals surface area contributed by atoms with Crippen LogP contribution in [0.5, 0.6) is 11.5 Å². The lowest BCUT2D eigenvalue weighted by Crippen LogP contribution is -2.43. The van der Waals surface area contributed by atoms with Gasteiger partial charge >= 0.3 is 0 Å². The minimum Gasteiger partial charge on any atom is -0.493 e. The van der Waals surface area contributed by atoms with Gasteiger partial charge in [-0.25, -0.2) is 4.98 Å². The van der Waals surface area contributed by atoms with E-state index < -0.39 is 0 Å². The van der Waals surface area contributed by atoms with Crippen molar-refractivity contribution in [2.45, 2.75) is 59.1 Å². The highest BCUT2D eigenvalue weighted by Crippen LogP contribution is 2.41. The summed E-state index contributed by atoms with van der Waals surface area (Å²) in [6.07, 6.45) is 1.43. The minimum atomic E-state index is -0.337. The summed E-state index contributed by atoms with van der Waals surface area (Å²) in [6.45, 7) is 10.0. The largest absolute Gasteiger partial charge is 0.493 e. The van der Waals surface area contributed by atoms with E-state index in [0.717, 1.165) is 28.9 Å². The van der Waals surface area contributed by atoms with E-state index in [2.05, 4.69) is 4.57 Å². The van der Waals surface area contributed by atoms with E-state index in [0.29, 0.717) is 34.5 Å². The van der Waals surface area contributed by atoms with Crippen LogP contribution in [0.2, 0.25) is 5.02 Å². The van der Waals surface area contributed by atoms with Crippen molar-refractivity contribution in [3.05, 3.63) is 58.4 Å². The van der Waals surface area contributed by atoms with Crippen molar-refractivity contribution in [1.29, 1.82) is 0 Å². The number of benzene rings is 2. The summed E-state index contributed by atoms with van der Waals surface area (Å²) in [5.41, 5.74) is 3.81. The third-order valence-electron chi connectivity index (χ3n) is 6.20. The SMILES string of the molecule is COc1cc2c(cc1OC(C)C)-n1c(-c3ccccc3Cl)nc(C(=O)N(C)C(C)(C)C)c1CC2. The molecule has 7 heteroatoms. The molecule has 0 unspecified atom stereocenters. The topological polar surface area (TPSA) is 56.6 Å². The lowest BCUT2D eigenvalue weighted by Gasteiger charge is -2.32. The van der Waals surface area contributed by atoms with Gasteiger partial charge < -0.3 is 14.4 Å². The summed E-state index contributed by atoms with van der Waals surface area (Å²) in [7, 11) is 3.47. The van der Waals surface area contributed by atoms with Crippen molar-refractivity contribution in [3.63, 3.8) is 0 Å². The second kappa shape index (κ2) is 8.99. The van der Waals surface area contributed by atoms with Gasteiger partial charge in [-0.2, -0.15) is 0 Å². The van der Waals surface area contributed by atoms with Gasteiger partial charge in [-0.15, -0.1) is 0 Å². The fraction of sp³-hybridized carbons (Fsp3) is 0.407. The third-order valence-corrected chi connectivity index (χ3v) is 6.53. The molecular weight excluding hydrogens is 450 g/mol. The molecule has 1 aromatic heterocycles. The molecule has 0 radical (unpaired) electrons. The lowest BCUT2D eigenvalue weighted by molar-refractivity contribution is 0.0649. The number of carbonyl (C=O) groups excluding carboxylic acids is 1. The van der Waals surface area contributed by atoms with Gasteiger partial charge in [0.05, 0.1) is 29.6 Å². The number of amides is 1. The van der Waals surface area contributed by atoms with Crippen molar-refractivity contribution < 1.29 is 14.3 Å². The van der Waals surface area contributed by atoms with Gasteiger partial charge in [-0.05, 0) is 71.2 Å². The molecule has 0 N–H and O–H groups in total. The lowest BCUT2D eigenvalue weighted by atomic mass is 9.98. The molecular formula is C27H32ClN3O3. The van der Waals surface area contributed by atoms with Gasteiger partial charge in [0.2, 0.25) is 0 Å². The standard InChI is InChI=1S/C27H32ClN3O3/c1-16(2)34-23-15-21-17(14-22(23)33-7)12-13-20-24(26(32)30(6)27(3,4)5)29-25(31(20)21)18-10-8-9-11-19(18)28/h8-11,14-16H,12-13H2,1-7H3. The molecule has 34 heavy (non-hydrogen) atoms. The van der Waals surface area contributed by atoms with E-state index in [1.54, 1.807) is 12.0 Å². The van der Waals surface area contributed by atoms with Crippen LogP contribution >= 0.6 is 11.6 Å². The van der Waals surface area contributed by atoms with Gasteiger partial charge in [-0.1, -0.05) is 23.7 Å². The minimum absolute atomic E-state index is 0.0154. The fourth-order valence-electron chi connectivity index (χ4n) is 4.16. The molecule has 1 amide bonds. The number of halogens is 1. The van der Waals surface area contributed by atoms with Crippen LogP contribution in [0.15, 0.2) is 36.4 Å². The average Bonchev–Trinajstić information content (AvgIpc) is 3.16. The predicted octanol–water partition coefficient (Wildman–Crippen LogP) is 5.96. The Labute approximate surface area is 206 Å². The van der Waals surface area contributed by atoms with Gasteiger partial charge in [0, 0.05) is 24.2 Å². The molecule has 6 nitrogen and oxygen atoms in total. The first-order valence-electron chi connectivity index (χ1n) is 11.6. The Bertz CT molecular complexity index is 1240. The molecule has 180 valence electrons. The second-order valence-electron chi connectivity index (χ2n) is 9.88. The molecule has 0 aliphatic carbocycles. The van der Waals surface area contributed by atoms with Crippen LogP contribution in [0.25, 0.3) is 17.1 Å². The number of aryl methyl sites for hydroxylation is 1. The van der Waals surface area contributed by atoms with Crippen molar-refractivity contribution in [3.8, 4) is 28.6 Å². The number of ether oxygens (including phenoxy) is 2. The predicted molar refractivity (Wildman–Crippen MR) is 136 cm³/mol. The normalized spacial score (nSPS) is 12.9. The van der Waals surface area contributed by atoms with E-state index in [9.17, 15) is 4.79 Å². The number of methoxy groups -OCH3 is 1. The number of nitrogens with zero attached hydrogens (tertiary/aromatic N) is 3. The third kappa shape index (κ3) is 4.27. The van der Waals surface area contributed by atoms with Crippen LogP contribution in [-0.2, 0) is 12.8 Å². The van der Waals surface area contributed by atoms with Gasteiger partial charge in [0.15, 0.2) is 17.2 Å². The first kappa shape index (κ1) is 24.1. The van der Waals surface area contributed by atoms with E-state index in [4.69, 9.17) is 26.1 Å². The summed E-state index contributed by atoms with van der Waals surface area (Å²) >= 11 is 6.61. The molecule has 0 atom stereocenters. The summed E-state index contributed by atoms with van der Waals surface area (Å²) in [5.74, 6) is 1.89. The molecule has 0 bridgehead atoms. The van der Waals surface area contributed by atoms with Crippen LogP contribution in [0, 0.1) is 0 Å². The van der Waals surface area contributed by atoms with Crippen LogP contribution in [0.3, 0.4) is 0 Å². The van der Waals surface area contributed by atoms with Crippen LogP contribution in [-0.4, -0.2) is 46.2 Å². The molecule has 1 aliphatic rings. The maximum absolute atomic E-state index is 13.6.